The van der Waals surface area contributed by atoms with Gasteiger partial charge in [-0.3, -0.25) is 0 Å². The Balaban J connectivity index is 3.12. The lowest BCUT2D eigenvalue weighted by Crippen LogP contribution is -1.79. The van der Waals surface area contributed by atoms with E-state index >= 15 is 0 Å². The summed E-state index contributed by atoms with van der Waals surface area (Å²) in [5.74, 6) is 0. The Bertz CT molecular complexity index is 212. The minimum Gasteiger partial charge on any atom is -0.0882 e. The van der Waals surface area contributed by atoms with Gasteiger partial charge in [0.05, 0.1) is 0 Å². The van der Waals surface area contributed by atoms with E-state index < -0.39 is 0 Å². The van der Waals surface area contributed by atoms with Crippen LogP contribution in [0.1, 0.15) is 104 Å². The van der Waals surface area contributed by atoms with Crippen molar-refractivity contribution < 1.29 is 0 Å². The Morgan fingerprint density at radius 1 is 0.450 bits per heavy atom. The van der Waals surface area contributed by atoms with E-state index in [2.05, 4.69) is 38.2 Å². The average Bonchev–Trinajstić information content (AvgIpc) is 2.47. The first-order valence-corrected chi connectivity index (χ1v) is 9.21. The van der Waals surface area contributed by atoms with Gasteiger partial charge < -0.3 is 0 Å². The van der Waals surface area contributed by atoms with E-state index in [1.807, 2.05) is 0 Å². The molecule has 0 aromatic heterocycles. The van der Waals surface area contributed by atoms with Crippen LogP contribution in [0.2, 0.25) is 0 Å². The molecule has 0 nitrogen and oxygen atoms in total. The minimum absolute atomic E-state index is 1.13. The van der Waals surface area contributed by atoms with Gasteiger partial charge in [0.15, 0.2) is 0 Å². The number of unbranched alkanes of at least 4 members (excludes halogenated alkanes) is 11. The Morgan fingerprint density at radius 3 is 1.40 bits per heavy atom. The molecule has 118 valence electrons. The summed E-state index contributed by atoms with van der Waals surface area (Å²) < 4.78 is 0. The van der Waals surface area contributed by atoms with Crippen molar-refractivity contribution in [3.63, 3.8) is 0 Å². The van der Waals surface area contributed by atoms with Gasteiger partial charge in [-0.15, -0.1) is 0 Å². The first-order chi connectivity index (χ1) is 9.91. The predicted octanol–water partition coefficient (Wildman–Crippen LogP) is 7.60. The van der Waals surface area contributed by atoms with Crippen LogP contribution in [0.5, 0.6) is 0 Å². The van der Waals surface area contributed by atoms with Gasteiger partial charge in [-0.1, -0.05) is 95.9 Å². The number of hydrogen-bond donors (Lipinski definition) is 0. The topological polar surface area (TPSA) is 0 Å². The molecule has 0 unspecified atom stereocenters. The number of hydrogen-bond acceptors (Lipinski definition) is 0. The van der Waals surface area contributed by atoms with Crippen LogP contribution < -0.4 is 0 Å². The fourth-order valence-electron chi connectivity index (χ4n) is 2.41. The van der Waals surface area contributed by atoms with Crippen molar-refractivity contribution in [3.8, 4) is 0 Å². The molecule has 0 aliphatic heterocycles. The zero-order valence-electron chi connectivity index (χ0n) is 14.2. The smallest absolute Gasteiger partial charge is 0.0169 e. The molecule has 0 aliphatic carbocycles. The molecule has 0 bridgehead atoms. The largest absolute Gasteiger partial charge is 0.0882 e. The molecule has 0 spiro atoms. The molecule has 0 aromatic rings. The summed E-state index contributed by atoms with van der Waals surface area (Å²) in [6.07, 6.45) is 28.5. The molecular formula is C20H38. The second-order valence-corrected chi connectivity index (χ2v) is 5.94. The second kappa shape index (κ2) is 18.5. The van der Waals surface area contributed by atoms with Crippen LogP contribution in [-0.4, -0.2) is 0 Å². The standard InChI is InChI=1S/C20H38/c1-3-5-7-9-11-13-15-17-19-20-18-16-14-12-10-8-6-4-2/h11,13,17,19H,3-10,12,14-16,18,20H2,1-2H3/b13-11-,19-17?. The van der Waals surface area contributed by atoms with Gasteiger partial charge in [0.1, 0.15) is 0 Å². The van der Waals surface area contributed by atoms with Crippen molar-refractivity contribution in [2.45, 2.75) is 104 Å². The lowest BCUT2D eigenvalue weighted by molar-refractivity contribution is 0.577. The molecule has 0 fully saturated rings. The van der Waals surface area contributed by atoms with Crippen LogP contribution >= 0.6 is 0 Å². The molecule has 0 saturated carbocycles. The number of allylic oxidation sites excluding steroid dienone is 4. The van der Waals surface area contributed by atoms with Crippen LogP contribution in [0.3, 0.4) is 0 Å². The fraction of sp³-hybridized carbons (Fsp3) is 0.800. The van der Waals surface area contributed by atoms with Crippen molar-refractivity contribution in [1.82, 2.24) is 0 Å². The summed E-state index contributed by atoms with van der Waals surface area (Å²) in [7, 11) is 0. The third-order valence-electron chi connectivity index (χ3n) is 3.80. The zero-order valence-corrected chi connectivity index (χ0v) is 14.2. The summed E-state index contributed by atoms with van der Waals surface area (Å²) in [5.41, 5.74) is 0. The van der Waals surface area contributed by atoms with Crippen molar-refractivity contribution in [1.29, 1.82) is 0 Å². The molecule has 20 heavy (non-hydrogen) atoms. The highest BCUT2D eigenvalue weighted by Gasteiger charge is 1.90. The van der Waals surface area contributed by atoms with E-state index in [-0.39, 0.29) is 0 Å². The lowest BCUT2D eigenvalue weighted by atomic mass is 10.1. The van der Waals surface area contributed by atoms with E-state index in [9.17, 15) is 0 Å². The predicted molar refractivity (Wildman–Crippen MR) is 94.3 cm³/mol. The normalized spacial score (nSPS) is 11.9. The number of rotatable bonds is 15. The molecule has 0 amide bonds. The van der Waals surface area contributed by atoms with E-state index in [4.69, 9.17) is 0 Å². The Kier molecular flexibility index (Phi) is 18.0. The Hall–Kier alpha value is -0.520. The van der Waals surface area contributed by atoms with E-state index in [0.29, 0.717) is 0 Å². The van der Waals surface area contributed by atoms with Gasteiger partial charge >= 0.3 is 0 Å². The molecular weight excluding hydrogens is 240 g/mol. The van der Waals surface area contributed by atoms with E-state index in [0.717, 1.165) is 6.42 Å². The highest BCUT2D eigenvalue weighted by Crippen LogP contribution is 2.09. The van der Waals surface area contributed by atoms with Crippen molar-refractivity contribution in [2.24, 2.45) is 0 Å². The third-order valence-corrected chi connectivity index (χ3v) is 3.80. The van der Waals surface area contributed by atoms with Crippen LogP contribution in [0.4, 0.5) is 0 Å². The maximum atomic E-state index is 2.37. The summed E-state index contributed by atoms with van der Waals surface area (Å²) in [6.45, 7) is 4.55. The average molecular weight is 279 g/mol. The lowest BCUT2D eigenvalue weighted by Gasteiger charge is -1.99. The fourth-order valence-corrected chi connectivity index (χ4v) is 2.41. The van der Waals surface area contributed by atoms with Gasteiger partial charge in [0, 0.05) is 0 Å². The van der Waals surface area contributed by atoms with Crippen LogP contribution in [0.25, 0.3) is 0 Å². The minimum atomic E-state index is 1.13. The maximum Gasteiger partial charge on any atom is -0.0169 e. The van der Waals surface area contributed by atoms with Gasteiger partial charge in [-0.2, -0.15) is 0 Å². The van der Waals surface area contributed by atoms with Crippen LogP contribution in [0, 0.1) is 0 Å². The SMILES string of the molecule is CCCCC/C=C\CC=CCCCCCCCCCC. The van der Waals surface area contributed by atoms with Crippen molar-refractivity contribution in [2.75, 3.05) is 0 Å². The molecule has 0 rings (SSSR count). The zero-order chi connectivity index (χ0) is 14.7. The molecule has 0 heterocycles. The molecule has 0 radical (unpaired) electrons. The highest BCUT2D eigenvalue weighted by atomic mass is 14.0. The van der Waals surface area contributed by atoms with Crippen molar-refractivity contribution >= 4 is 0 Å². The molecule has 0 aliphatic rings. The van der Waals surface area contributed by atoms with Gasteiger partial charge in [0.2, 0.25) is 0 Å². The summed E-state index contributed by atoms with van der Waals surface area (Å²) in [5, 5.41) is 0. The van der Waals surface area contributed by atoms with Gasteiger partial charge in [0.25, 0.3) is 0 Å². The van der Waals surface area contributed by atoms with Crippen LogP contribution in [0.15, 0.2) is 24.3 Å². The van der Waals surface area contributed by atoms with E-state index in [1.54, 1.807) is 0 Å². The molecule has 0 saturated heterocycles. The first kappa shape index (κ1) is 19.5. The van der Waals surface area contributed by atoms with Gasteiger partial charge in [-0.25, -0.2) is 0 Å². The molecule has 0 atom stereocenters. The first-order valence-electron chi connectivity index (χ1n) is 9.21. The second-order valence-electron chi connectivity index (χ2n) is 5.94. The van der Waals surface area contributed by atoms with E-state index in [1.165, 1.54) is 83.5 Å². The Morgan fingerprint density at radius 2 is 0.850 bits per heavy atom. The Labute approximate surface area is 128 Å². The van der Waals surface area contributed by atoms with Crippen molar-refractivity contribution in [3.05, 3.63) is 24.3 Å². The van der Waals surface area contributed by atoms with Gasteiger partial charge in [-0.05, 0) is 32.1 Å². The summed E-state index contributed by atoms with van der Waals surface area (Å²) >= 11 is 0. The highest BCUT2D eigenvalue weighted by molar-refractivity contribution is 4.92. The third kappa shape index (κ3) is 17.5. The van der Waals surface area contributed by atoms with Crippen LogP contribution in [-0.2, 0) is 0 Å². The maximum absolute atomic E-state index is 2.37. The summed E-state index contributed by atoms with van der Waals surface area (Å²) in [6, 6.07) is 0. The molecule has 0 heteroatoms. The quantitative estimate of drug-likeness (QED) is 0.214. The summed E-state index contributed by atoms with van der Waals surface area (Å²) in [4.78, 5) is 0. The molecule has 0 N–H and O–H groups in total. The monoisotopic (exact) mass is 278 g/mol. The molecule has 0 aromatic carbocycles.